The van der Waals surface area contributed by atoms with E-state index in [4.69, 9.17) is 9.47 Å². The zero-order valence-corrected chi connectivity index (χ0v) is 14.8. The Morgan fingerprint density at radius 2 is 1.92 bits per heavy atom. The zero-order valence-electron chi connectivity index (χ0n) is 14.8. The van der Waals surface area contributed by atoms with Crippen molar-refractivity contribution in [3.05, 3.63) is 30.1 Å². The van der Waals surface area contributed by atoms with Gasteiger partial charge in [-0.1, -0.05) is 31.4 Å². The molecule has 2 aromatic rings. The van der Waals surface area contributed by atoms with Crippen LogP contribution in [0.5, 0.6) is 5.75 Å². The van der Waals surface area contributed by atoms with Gasteiger partial charge in [0, 0.05) is 7.05 Å². The number of nitrogens with zero attached hydrogens (tertiary/aromatic N) is 5. The number of aromatic nitrogens is 4. The molecule has 1 aromatic heterocycles. The van der Waals surface area contributed by atoms with Gasteiger partial charge in [-0.05, 0) is 35.4 Å². The SMILES string of the molecule is COC(=O)N(C)C1(c2nnnn2-c2ccccc2OC)CCCCC1. The van der Waals surface area contributed by atoms with E-state index in [1.165, 1.54) is 7.11 Å². The van der Waals surface area contributed by atoms with Crippen molar-refractivity contribution in [1.29, 1.82) is 0 Å². The highest BCUT2D eigenvalue weighted by atomic mass is 16.5. The molecule has 8 nitrogen and oxygen atoms in total. The molecule has 0 bridgehead atoms. The Morgan fingerprint density at radius 1 is 1.20 bits per heavy atom. The topological polar surface area (TPSA) is 82.4 Å². The monoisotopic (exact) mass is 345 g/mol. The molecule has 1 aromatic carbocycles. The Balaban J connectivity index is 2.13. The molecule has 0 saturated heterocycles. The molecule has 0 atom stereocenters. The van der Waals surface area contributed by atoms with E-state index in [0.717, 1.165) is 37.8 Å². The third-order valence-electron chi connectivity index (χ3n) is 4.97. The highest BCUT2D eigenvalue weighted by Gasteiger charge is 2.45. The number of methoxy groups -OCH3 is 2. The van der Waals surface area contributed by atoms with E-state index in [0.29, 0.717) is 11.6 Å². The second-order valence-electron chi connectivity index (χ2n) is 6.21. The largest absolute Gasteiger partial charge is 0.494 e. The molecule has 1 saturated carbocycles. The molecule has 1 heterocycles. The Kier molecular flexibility index (Phi) is 4.87. The van der Waals surface area contributed by atoms with Gasteiger partial charge in [0.05, 0.1) is 14.2 Å². The summed E-state index contributed by atoms with van der Waals surface area (Å²) < 4.78 is 12.1. The van der Waals surface area contributed by atoms with Crippen LogP contribution in [0.15, 0.2) is 24.3 Å². The van der Waals surface area contributed by atoms with Gasteiger partial charge in [-0.2, -0.15) is 4.68 Å². The van der Waals surface area contributed by atoms with Crippen LogP contribution < -0.4 is 4.74 Å². The van der Waals surface area contributed by atoms with E-state index in [1.54, 1.807) is 23.7 Å². The van der Waals surface area contributed by atoms with Gasteiger partial charge in [0.1, 0.15) is 17.0 Å². The Hall–Kier alpha value is -2.64. The molecular formula is C17H23N5O3. The van der Waals surface area contributed by atoms with Gasteiger partial charge in [-0.3, -0.25) is 4.90 Å². The molecule has 0 radical (unpaired) electrons. The average molecular weight is 345 g/mol. The van der Waals surface area contributed by atoms with Crippen molar-refractivity contribution in [2.24, 2.45) is 0 Å². The van der Waals surface area contributed by atoms with Gasteiger partial charge >= 0.3 is 6.09 Å². The number of para-hydroxylation sites is 2. The smallest absolute Gasteiger partial charge is 0.410 e. The number of benzene rings is 1. The van der Waals surface area contributed by atoms with Crippen LogP contribution in [0.4, 0.5) is 4.79 Å². The average Bonchev–Trinajstić information content (AvgIpc) is 3.17. The third-order valence-corrected chi connectivity index (χ3v) is 4.97. The first kappa shape index (κ1) is 17.2. The minimum Gasteiger partial charge on any atom is -0.494 e. The number of hydrogen-bond donors (Lipinski definition) is 0. The van der Waals surface area contributed by atoms with Gasteiger partial charge in [-0.15, -0.1) is 5.10 Å². The highest BCUT2D eigenvalue weighted by Crippen LogP contribution is 2.42. The maximum absolute atomic E-state index is 12.3. The number of carbonyl (C=O) groups is 1. The highest BCUT2D eigenvalue weighted by molar-refractivity contribution is 5.68. The summed E-state index contributed by atoms with van der Waals surface area (Å²) in [5.41, 5.74) is 0.142. The quantitative estimate of drug-likeness (QED) is 0.847. The Labute approximate surface area is 146 Å². The van der Waals surface area contributed by atoms with Crippen LogP contribution >= 0.6 is 0 Å². The number of carbonyl (C=O) groups excluding carboxylic acids is 1. The summed E-state index contributed by atoms with van der Waals surface area (Å²) in [5.74, 6) is 1.30. The van der Waals surface area contributed by atoms with Crippen LogP contribution in [-0.2, 0) is 10.3 Å². The normalized spacial score (nSPS) is 16.3. The third kappa shape index (κ3) is 2.92. The van der Waals surface area contributed by atoms with Crippen molar-refractivity contribution in [2.45, 2.75) is 37.6 Å². The molecule has 1 aliphatic carbocycles. The van der Waals surface area contributed by atoms with Gasteiger partial charge < -0.3 is 9.47 Å². The van der Waals surface area contributed by atoms with Crippen LogP contribution in [0.3, 0.4) is 0 Å². The maximum Gasteiger partial charge on any atom is 0.410 e. The summed E-state index contributed by atoms with van der Waals surface area (Å²) in [6.07, 6.45) is 4.31. The Morgan fingerprint density at radius 3 is 2.60 bits per heavy atom. The number of rotatable bonds is 4. The van der Waals surface area contributed by atoms with Gasteiger partial charge in [-0.25, -0.2) is 4.79 Å². The number of hydrogen-bond acceptors (Lipinski definition) is 6. The molecule has 0 N–H and O–H groups in total. The lowest BCUT2D eigenvalue weighted by atomic mass is 9.79. The summed E-state index contributed by atoms with van der Waals surface area (Å²) in [7, 11) is 4.75. The van der Waals surface area contributed by atoms with Crippen LogP contribution in [0.1, 0.15) is 37.9 Å². The summed E-state index contributed by atoms with van der Waals surface area (Å²) in [6, 6.07) is 7.55. The summed E-state index contributed by atoms with van der Waals surface area (Å²) in [6.45, 7) is 0. The minimum absolute atomic E-state index is 0.392. The maximum atomic E-state index is 12.3. The second kappa shape index (κ2) is 7.08. The molecule has 1 aliphatic rings. The first-order valence-corrected chi connectivity index (χ1v) is 8.38. The van der Waals surface area contributed by atoms with Crippen LogP contribution in [0, 0.1) is 0 Å². The number of ether oxygens (including phenoxy) is 2. The fourth-order valence-electron chi connectivity index (χ4n) is 3.60. The van der Waals surface area contributed by atoms with Crippen LogP contribution in [-0.4, -0.2) is 52.5 Å². The molecule has 1 fully saturated rings. The van der Waals surface area contributed by atoms with Crippen molar-refractivity contribution < 1.29 is 14.3 Å². The lowest BCUT2D eigenvalue weighted by Crippen LogP contribution is -2.50. The predicted molar refractivity (Wildman–Crippen MR) is 90.6 cm³/mol. The molecule has 134 valence electrons. The van der Waals surface area contributed by atoms with Crippen molar-refractivity contribution in [1.82, 2.24) is 25.1 Å². The second-order valence-corrected chi connectivity index (χ2v) is 6.21. The summed E-state index contributed by atoms with van der Waals surface area (Å²) in [4.78, 5) is 13.9. The first-order valence-electron chi connectivity index (χ1n) is 8.38. The van der Waals surface area contributed by atoms with E-state index in [-0.39, 0.29) is 0 Å². The van der Waals surface area contributed by atoms with Crippen LogP contribution in [0.2, 0.25) is 0 Å². The van der Waals surface area contributed by atoms with E-state index in [9.17, 15) is 4.79 Å². The van der Waals surface area contributed by atoms with Gasteiger partial charge in [0.15, 0.2) is 5.82 Å². The summed E-state index contributed by atoms with van der Waals surface area (Å²) in [5, 5.41) is 12.4. The molecular weight excluding hydrogens is 322 g/mol. The first-order chi connectivity index (χ1) is 12.1. The number of amides is 1. The molecule has 0 aliphatic heterocycles. The van der Waals surface area contributed by atoms with Crippen molar-refractivity contribution in [3.63, 3.8) is 0 Å². The van der Waals surface area contributed by atoms with E-state index in [2.05, 4.69) is 15.5 Å². The van der Waals surface area contributed by atoms with Crippen molar-refractivity contribution >= 4 is 6.09 Å². The van der Waals surface area contributed by atoms with Gasteiger partial charge in [0.25, 0.3) is 0 Å². The number of tetrazole rings is 1. The molecule has 3 rings (SSSR count). The predicted octanol–water partition coefficient (Wildman–Crippen LogP) is 2.53. The zero-order chi connectivity index (χ0) is 17.9. The fourth-order valence-corrected chi connectivity index (χ4v) is 3.60. The fraction of sp³-hybridized carbons (Fsp3) is 0.529. The molecule has 25 heavy (non-hydrogen) atoms. The van der Waals surface area contributed by atoms with Gasteiger partial charge in [0.2, 0.25) is 0 Å². The minimum atomic E-state index is -0.601. The standard InChI is InChI=1S/C17H23N5O3/c1-21(16(23)25-3)17(11-7-4-8-12-17)15-18-19-20-22(15)13-9-5-6-10-14(13)24-2/h5-6,9-10H,4,7-8,11-12H2,1-3H3. The van der Waals surface area contributed by atoms with E-state index < -0.39 is 11.6 Å². The Bertz CT molecular complexity index is 739. The van der Waals surface area contributed by atoms with Crippen molar-refractivity contribution in [3.8, 4) is 11.4 Å². The lowest BCUT2D eigenvalue weighted by Gasteiger charge is -2.42. The molecule has 0 spiro atoms. The molecule has 1 amide bonds. The molecule has 0 unspecified atom stereocenters. The summed E-state index contributed by atoms with van der Waals surface area (Å²) >= 11 is 0. The van der Waals surface area contributed by atoms with E-state index >= 15 is 0 Å². The van der Waals surface area contributed by atoms with E-state index in [1.807, 2.05) is 24.3 Å². The molecule has 8 heteroatoms. The van der Waals surface area contributed by atoms with Crippen LogP contribution in [0.25, 0.3) is 5.69 Å². The lowest BCUT2D eigenvalue weighted by molar-refractivity contribution is 0.0472. The van der Waals surface area contributed by atoms with Crippen molar-refractivity contribution in [2.75, 3.05) is 21.3 Å².